The largest absolute Gasteiger partial charge is 0.493 e. The minimum atomic E-state index is 0.592. The van der Waals surface area contributed by atoms with E-state index in [4.69, 9.17) is 4.74 Å². The highest BCUT2D eigenvalue weighted by atomic mass is 16.5. The van der Waals surface area contributed by atoms with Crippen LogP contribution >= 0.6 is 0 Å². The molecule has 1 aliphatic rings. The summed E-state index contributed by atoms with van der Waals surface area (Å²) in [5.41, 5.74) is 1.30. The Morgan fingerprint density at radius 3 is 2.81 bits per heavy atom. The highest BCUT2D eigenvalue weighted by molar-refractivity contribution is 5.31. The van der Waals surface area contributed by atoms with Gasteiger partial charge < -0.3 is 15.0 Å². The molecule has 1 heterocycles. The Kier molecular flexibility index (Phi) is 6.06. The van der Waals surface area contributed by atoms with Gasteiger partial charge in [-0.3, -0.25) is 4.68 Å². The fourth-order valence-electron chi connectivity index (χ4n) is 3.02. The highest BCUT2D eigenvalue weighted by Crippen LogP contribution is 2.45. The fraction of sp³-hybridized carbons (Fsp3) is 0.812. The molecular formula is C16H30N4O. The molecule has 0 aliphatic heterocycles. The summed E-state index contributed by atoms with van der Waals surface area (Å²) in [7, 11) is 5.95. The van der Waals surface area contributed by atoms with Gasteiger partial charge >= 0.3 is 0 Å². The molecular weight excluding hydrogens is 264 g/mol. The third-order valence-electron chi connectivity index (χ3n) is 4.43. The number of likely N-dealkylation sites (N-methyl/N-ethyl adjacent to an activating group) is 1. The zero-order valence-corrected chi connectivity index (χ0v) is 13.9. The van der Waals surface area contributed by atoms with Gasteiger partial charge in [0.25, 0.3) is 0 Å². The number of rotatable bonds is 9. The van der Waals surface area contributed by atoms with Crippen LogP contribution in [0, 0.1) is 5.92 Å². The number of methoxy groups -OCH3 is 1. The second-order valence-electron chi connectivity index (χ2n) is 6.27. The monoisotopic (exact) mass is 294 g/mol. The highest BCUT2D eigenvalue weighted by Gasteiger charge is 2.36. The van der Waals surface area contributed by atoms with Crippen LogP contribution in [0.3, 0.4) is 0 Å². The first-order valence-electron chi connectivity index (χ1n) is 8.12. The van der Waals surface area contributed by atoms with Gasteiger partial charge in [0.05, 0.1) is 25.5 Å². The van der Waals surface area contributed by atoms with Crippen LogP contribution in [0.25, 0.3) is 0 Å². The van der Waals surface area contributed by atoms with Crippen molar-refractivity contribution in [2.24, 2.45) is 5.92 Å². The average Bonchev–Trinajstić information content (AvgIpc) is 2.83. The molecule has 0 spiro atoms. The molecule has 5 heteroatoms. The van der Waals surface area contributed by atoms with Crippen LogP contribution in [0.5, 0.6) is 5.75 Å². The molecule has 120 valence electrons. The fourth-order valence-corrected chi connectivity index (χ4v) is 3.02. The van der Waals surface area contributed by atoms with Crippen molar-refractivity contribution in [3.8, 4) is 5.75 Å². The van der Waals surface area contributed by atoms with Gasteiger partial charge in [-0.25, -0.2) is 0 Å². The number of hydrogen-bond acceptors (Lipinski definition) is 4. The number of nitrogens with zero attached hydrogens (tertiary/aromatic N) is 3. The van der Waals surface area contributed by atoms with Crippen LogP contribution in [-0.4, -0.2) is 55.5 Å². The summed E-state index contributed by atoms with van der Waals surface area (Å²) in [5, 5.41) is 8.09. The van der Waals surface area contributed by atoms with E-state index in [1.54, 1.807) is 7.11 Å². The van der Waals surface area contributed by atoms with E-state index in [2.05, 4.69) is 41.0 Å². The van der Waals surface area contributed by atoms with E-state index >= 15 is 0 Å². The molecule has 0 aromatic carbocycles. The molecule has 1 aromatic heterocycles. The molecule has 0 bridgehead atoms. The lowest BCUT2D eigenvalue weighted by Crippen LogP contribution is -2.35. The van der Waals surface area contributed by atoms with Crippen LogP contribution in [0.1, 0.15) is 37.8 Å². The van der Waals surface area contributed by atoms with E-state index in [1.807, 2.05) is 6.20 Å². The first-order valence-corrected chi connectivity index (χ1v) is 8.12. The number of nitrogens with one attached hydrogen (secondary N) is 1. The zero-order chi connectivity index (χ0) is 15.2. The molecule has 1 aliphatic carbocycles. The van der Waals surface area contributed by atoms with E-state index in [1.165, 1.54) is 25.0 Å². The maximum atomic E-state index is 5.55. The third-order valence-corrected chi connectivity index (χ3v) is 4.43. The summed E-state index contributed by atoms with van der Waals surface area (Å²) in [5.74, 6) is 2.27. The molecule has 0 radical (unpaired) electrons. The van der Waals surface area contributed by atoms with Crippen molar-refractivity contribution in [1.29, 1.82) is 0 Å². The Bertz CT molecular complexity index is 430. The summed E-state index contributed by atoms with van der Waals surface area (Å²) in [6.07, 6.45) is 5.63. The van der Waals surface area contributed by atoms with Gasteiger partial charge in [0.1, 0.15) is 0 Å². The maximum absolute atomic E-state index is 5.55. The summed E-state index contributed by atoms with van der Waals surface area (Å²) >= 11 is 0. The second-order valence-corrected chi connectivity index (χ2v) is 6.27. The molecule has 1 aromatic rings. The second kappa shape index (κ2) is 7.80. The summed E-state index contributed by atoms with van der Waals surface area (Å²) in [4.78, 5) is 2.19. The van der Waals surface area contributed by atoms with Gasteiger partial charge in [0, 0.05) is 12.5 Å². The summed E-state index contributed by atoms with van der Waals surface area (Å²) in [6.45, 7) is 6.37. The molecule has 1 N–H and O–H groups in total. The molecule has 1 fully saturated rings. The van der Waals surface area contributed by atoms with Crippen LogP contribution in [-0.2, 0) is 6.54 Å². The minimum absolute atomic E-state index is 0.592. The molecule has 5 nitrogen and oxygen atoms in total. The van der Waals surface area contributed by atoms with Crippen LogP contribution in [0.4, 0.5) is 0 Å². The van der Waals surface area contributed by atoms with Gasteiger partial charge in [-0.2, -0.15) is 5.10 Å². The smallest absolute Gasteiger partial charge is 0.160 e. The van der Waals surface area contributed by atoms with E-state index in [9.17, 15) is 0 Å². The SMILES string of the molecule is CCCNCC1CCC1c1c(OC)cnn1CCN(C)C. The van der Waals surface area contributed by atoms with E-state index in [-0.39, 0.29) is 0 Å². The lowest BCUT2D eigenvalue weighted by molar-refractivity contribution is 0.225. The van der Waals surface area contributed by atoms with Crippen molar-refractivity contribution in [3.63, 3.8) is 0 Å². The Balaban J connectivity index is 2.04. The summed E-state index contributed by atoms with van der Waals surface area (Å²) < 4.78 is 7.69. The van der Waals surface area contributed by atoms with E-state index in [0.29, 0.717) is 5.92 Å². The third kappa shape index (κ3) is 3.98. The average molecular weight is 294 g/mol. The van der Waals surface area contributed by atoms with E-state index < -0.39 is 0 Å². The lowest BCUT2D eigenvalue weighted by atomic mass is 9.71. The van der Waals surface area contributed by atoms with Crippen molar-refractivity contribution in [1.82, 2.24) is 20.0 Å². The normalized spacial score (nSPS) is 21.6. The standard InChI is InChI=1S/C16H30N4O/c1-5-8-17-11-13-6-7-14(13)16-15(21-4)12-18-20(16)10-9-19(2)3/h12-14,17H,5-11H2,1-4H3. The van der Waals surface area contributed by atoms with Gasteiger partial charge in [-0.1, -0.05) is 6.92 Å². The summed E-state index contributed by atoms with van der Waals surface area (Å²) in [6, 6.07) is 0. The van der Waals surface area contributed by atoms with Gasteiger partial charge in [-0.05, 0) is 52.4 Å². The Morgan fingerprint density at radius 1 is 1.43 bits per heavy atom. The van der Waals surface area contributed by atoms with Crippen LogP contribution in [0.2, 0.25) is 0 Å². The molecule has 2 unspecified atom stereocenters. The first-order chi connectivity index (χ1) is 10.2. The molecule has 0 saturated heterocycles. The Morgan fingerprint density at radius 2 is 2.24 bits per heavy atom. The number of hydrogen-bond donors (Lipinski definition) is 1. The number of aromatic nitrogens is 2. The topological polar surface area (TPSA) is 42.3 Å². The van der Waals surface area contributed by atoms with E-state index in [0.717, 1.165) is 37.8 Å². The molecule has 2 rings (SSSR count). The van der Waals surface area contributed by atoms with Gasteiger partial charge in [0.15, 0.2) is 5.75 Å². The van der Waals surface area contributed by atoms with Crippen molar-refractivity contribution in [2.45, 2.75) is 38.6 Å². The van der Waals surface area contributed by atoms with Crippen molar-refractivity contribution in [2.75, 3.05) is 40.8 Å². The Labute approximate surface area is 128 Å². The minimum Gasteiger partial charge on any atom is -0.493 e. The zero-order valence-electron chi connectivity index (χ0n) is 13.9. The predicted octanol–water partition coefficient (Wildman–Crippen LogP) is 1.95. The Hall–Kier alpha value is -1.07. The molecule has 21 heavy (non-hydrogen) atoms. The van der Waals surface area contributed by atoms with Crippen molar-refractivity contribution >= 4 is 0 Å². The van der Waals surface area contributed by atoms with Crippen molar-refractivity contribution < 1.29 is 4.74 Å². The predicted molar refractivity (Wildman–Crippen MR) is 86.0 cm³/mol. The lowest BCUT2D eigenvalue weighted by Gasteiger charge is -2.37. The first kappa shape index (κ1) is 16.3. The molecule has 2 atom stereocenters. The molecule has 1 saturated carbocycles. The van der Waals surface area contributed by atoms with Gasteiger partial charge in [-0.15, -0.1) is 0 Å². The quantitative estimate of drug-likeness (QED) is 0.707. The number of ether oxygens (including phenoxy) is 1. The van der Waals surface area contributed by atoms with Crippen LogP contribution < -0.4 is 10.1 Å². The maximum Gasteiger partial charge on any atom is 0.160 e. The molecule has 0 amide bonds. The van der Waals surface area contributed by atoms with Crippen molar-refractivity contribution in [3.05, 3.63) is 11.9 Å². The van der Waals surface area contributed by atoms with Crippen LogP contribution in [0.15, 0.2) is 6.20 Å². The van der Waals surface area contributed by atoms with Gasteiger partial charge in [0.2, 0.25) is 0 Å².